The van der Waals surface area contributed by atoms with Crippen LogP contribution in [0.25, 0.3) is 0 Å². The van der Waals surface area contributed by atoms with Crippen LogP contribution in [-0.2, 0) is 9.47 Å². The summed E-state index contributed by atoms with van der Waals surface area (Å²) in [6, 6.07) is 0. The van der Waals surface area contributed by atoms with E-state index in [0.717, 1.165) is 18.8 Å². The summed E-state index contributed by atoms with van der Waals surface area (Å²) in [4.78, 5) is 2.83. The fourth-order valence-corrected chi connectivity index (χ4v) is 5.00. The van der Waals surface area contributed by atoms with Gasteiger partial charge in [-0.25, -0.2) is 0 Å². The third-order valence-electron chi connectivity index (χ3n) is 6.70. The molecule has 1 N–H and O–H groups in total. The number of ether oxygens (including phenoxy) is 2. The van der Waals surface area contributed by atoms with Gasteiger partial charge in [0.2, 0.25) is 0 Å². The van der Waals surface area contributed by atoms with Gasteiger partial charge in [-0.2, -0.15) is 0 Å². The van der Waals surface area contributed by atoms with E-state index in [1.165, 1.54) is 64.7 Å². The Labute approximate surface area is 134 Å². The van der Waals surface area contributed by atoms with Gasteiger partial charge < -0.3 is 14.8 Å². The highest BCUT2D eigenvalue weighted by atomic mass is 16.5. The topological polar surface area (TPSA) is 33.7 Å². The second-order valence-corrected chi connectivity index (χ2v) is 7.90. The fraction of sp³-hybridized carbons (Fsp3) is 1.00. The molecule has 2 aliphatic heterocycles. The summed E-state index contributed by atoms with van der Waals surface area (Å²) in [5.74, 6) is 0.945. The van der Waals surface area contributed by atoms with Gasteiger partial charge in [0.1, 0.15) is 0 Å². The zero-order valence-corrected chi connectivity index (χ0v) is 14.1. The van der Waals surface area contributed by atoms with Crippen LogP contribution in [-0.4, -0.2) is 62.0 Å². The Kier molecular flexibility index (Phi) is 4.46. The molecule has 4 heteroatoms. The molecule has 2 heterocycles. The predicted octanol–water partition coefficient (Wildman–Crippen LogP) is 2.18. The molecule has 0 aromatic rings. The van der Waals surface area contributed by atoms with Gasteiger partial charge in [-0.05, 0) is 70.4 Å². The van der Waals surface area contributed by atoms with Crippen LogP contribution in [0, 0.1) is 5.92 Å². The quantitative estimate of drug-likeness (QED) is 0.844. The van der Waals surface area contributed by atoms with Crippen molar-refractivity contribution in [2.75, 3.05) is 33.3 Å². The molecule has 2 aliphatic carbocycles. The molecule has 2 saturated carbocycles. The lowest BCUT2D eigenvalue weighted by molar-refractivity contribution is -0.129. The molecule has 4 fully saturated rings. The molecule has 0 aromatic carbocycles. The van der Waals surface area contributed by atoms with Gasteiger partial charge in [0, 0.05) is 25.7 Å². The molecular weight excluding hydrogens is 276 g/mol. The summed E-state index contributed by atoms with van der Waals surface area (Å²) in [6.45, 7) is 4.98. The maximum atomic E-state index is 6.27. The van der Waals surface area contributed by atoms with Crippen molar-refractivity contribution in [3.63, 3.8) is 0 Å². The number of piperidine rings is 2. The lowest BCUT2D eigenvalue weighted by atomic mass is 9.85. The van der Waals surface area contributed by atoms with E-state index in [4.69, 9.17) is 9.47 Å². The van der Waals surface area contributed by atoms with Crippen molar-refractivity contribution in [2.24, 2.45) is 5.92 Å². The average Bonchev–Trinajstić information content (AvgIpc) is 3.34. The molecule has 0 unspecified atom stereocenters. The van der Waals surface area contributed by atoms with Gasteiger partial charge in [0.15, 0.2) is 0 Å². The van der Waals surface area contributed by atoms with Crippen molar-refractivity contribution in [1.82, 2.24) is 10.2 Å². The van der Waals surface area contributed by atoms with Crippen molar-refractivity contribution in [3.8, 4) is 0 Å². The van der Waals surface area contributed by atoms with Gasteiger partial charge >= 0.3 is 0 Å². The second kappa shape index (κ2) is 6.39. The number of rotatable bonds is 5. The van der Waals surface area contributed by atoms with Gasteiger partial charge in [0.25, 0.3) is 0 Å². The summed E-state index contributed by atoms with van der Waals surface area (Å²) in [5.41, 5.74) is 0.588. The van der Waals surface area contributed by atoms with Gasteiger partial charge in [-0.1, -0.05) is 0 Å². The normalized spacial score (nSPS) is 37.0. The zero-order chi connectivity index (χ0) is 15.0. The molecular formula is C18H32N2O2. The number of likely N-dealkylation sites (tertiary alicyclic amines) is 1. The summed E-state index contributed by atoms with van der Waals surface area (Å²) in [6.07, 6.45) is 11.8. The van der Waals surface area contributed by atoms with Crippen molar-refractivity contribution >= 4 is 0 Å². The smallest absolute Gasteiger partial charge is 0.0628 e. The van der Waals surface area contributed by atoms with Crippen LogP contribution < -0.4 is 5.32 Å². The Morgan fingerprint density at radius 2 is 1.59 bits per heavy atom. The zero-order valence-electron chi connectivity index (χ0n) is 14.1. The van der Waals surface area contributed by atoms with E-state index in [2.05, 4.69) is 10.2 Å². The van der Waals surface area contributed by atoms with E-state index in [1.807, 2.05) is 7.11 Å². The molecule has 0 atom stereocenters. The highest BCUT2D eigenvalue weighted by Crippen LogP contribution is 2.51. The molecule has 0 aromatic heterocycles. The molecule has 126 valence electrons. The Hall–Kier alpha value is -0.160. The molecule has 2 saturated heterocycles. The van der Waals surface area contributed by atoms with Crippen LogP contribution in [0.4, 0.5) is 0 Å². The highest BCUT2D eigenvalue weighted by molar-refractivity contribution is 5.09. The molecule has 0 amide bonds. The maximum Gasteiger partial charge on any atom is 0.0628 e. The molecule has 0 bridgehead atoms. The van der Waals surface area contributed by atoms with Crippen molar-refractivity contribution in [1.29, 1.82) is 0 Å². The SMILES string of the molecule is COC1CC(OC2CCN(C3(C4CCNCC4)CC3)CC2)C1. The van der Waals surface area contributed by atoms with E-state index in [9.17, 15) is 0 Å². The molecule has 4 aliphatic rings. The number of hydrogen-bond donors (Lipinski definition) is 1. The summed E-state index contributed by atoms with van der Waals surface area (Å²) >= 11 is 0. The minimum absolute atomic E-state index is 0.458. The lowest BCUT2D eigenvalue weighted by Crippen LogP contribution is -2.51. The number of methoxy groups -OCH3 is 1. The Balaban J connectivity index is 1.24. The van der Waals surface area contributed by atoms with E-state index in [-0.39, 0.29) is 0 Å². The maximum absolute atomic E-state index is 6.27. The minimum atomic E-state index is 0.458. The first-order valence-electron chi connectivity index (χ1n) is 9.44. The molecule has 4 nitrogen and oxygen atoms in total. The molecule has 0 spiro atoms. The second-order valence-electron chi connectivity index (χ2n) is 7.90. The lowest BCUT2D eigenvalue weighted by Gasteiger charge is -2.44. The number of nitrogens with one attached hydrogen (secondary N) is 1. The van der Waals surface area contributed by atoms with Crippen LogP contribution >= 0.6 is 0 Å². The number of hydrogen-bond acceptors (Lipinski definition) is 4. The van der Waals surface area contributed by atoms with Crippen LogP contribution in [0.5, 0.6) is 0 Å². The Morgan fingerprint density at radius 3 is 2.18 bits per heavy atom. The van der Waals surface area contributed by atoms with E-state index >= 15 is 0 Å². The predicted molar refractivity (Wildman–Crippen MR) is 87.1 cm³/mol. The van der Waals surface area contributed by atoms with Crippen LogP contribution in [0.15, 0.2) is 0 Å². The van der Waals surface area contributed by atoms with Crippen LogP contribution in [0.3, 0.4) is 0 Å². The average molecular weight is 308 g/mol. The van der Waals surface area contributed by atoms with Crippen LogP contribution in [0.1, 0.15) is 51.4 Å². The van der Waals surface area contributed by atoms with Gasteiger partial charge in [-0.15, -0.1) is 0 Å². The van der Waals surface area contributed by atoms with Crippen molar-refractivity contribution < 1.29 is 9.47 Å². The van der Waals surface area contributed by atoms with Crippen LogP contribution in [0.2, 0.25) is 0 Å². The van der Waals surface area contributed by atoms with Gasteiger partial charge in [0.05, 0.1) is 18.3 Å². The molecule has 0 radical (unpaired) electrons. The third-order valence-corrected chi connectivity index (χ3v) is 6.70. The fourth-order valence-electron chi connectivity index (χ4n) is 5.00. The minimum Gasteiger partial charge on any atom is -0.381 e. The third kappa shape index (κ3) is 2.95. The Morgan fingerprint density at radius 1 is 0.909 bits per heavy atom. The number of nitrogens with zero attached hydrogens (tertiary/aromatic N) is 1. The van der Waals surface area contributed by atoms with Crippen molar-refractivity contribution in [3.05, 3.63) is 0 Å². The highest BCUT2D eigenvalue weighted by Gasteiger charge is 2.53. The van der Waals surface area contributed by atoms with Gasteiger partial charge in [-0.3, -0.25) is 4.90 Å². The summed E-state index contributed by atoms with van der Waals surface area (Å²) in [5, 5.41) is 3.52. The van der Waals surface area contributed by atoms with E-state index < -0.39 is 0 Å². The summed E-state index contributed by atoms with van der Waals surface area (Å²) < 4.78 is 11.6. The first-order valence-corrected chi connectivity index (χ1v) is 9.44. The molecule has 4 rings (SSSR count). The monoisotopic (exact) mass is 308 g/mol. The largest absolute Gasteiger partial charge is 0.381 e. The standard InChI is InChI=1S/C18H32N2O2/c1-21-16-12-17(13-16)22-15-4-10-20(11-5-15)18(6-7-18)14-2-8-19-9-3-14/h14-17,19H,2-13H2,1H3. The van der Waals surface area contributed by atoms with E-state index in [1.54, 1.807) is 0 Å². The van der Waals surface area contributed by atoms with E-state index in [0.29, 0.717) is 23.9 Å². The Bertz CT molecular complexity index is 365. The molecule has 22 heavy (non-hydrogen) atoms. The first-order chi connectivity index (χ1) is 10.8. The first kappa shape index (κ1) is 15.4. The summed E-state index contributed by atoms with van der Waals surface area (Å²) in [7, 11) is 1.81. The van der Waals surface area contributed by atoms with Crippen molar-refractivity contribution in [2.45, 2.75) is 75.2 Å².